The van der Waals surface area contributed by atoms with Crippen LogP contribution in [0, 0.1) is 11.7 Å². The zero-order valence-electron chi connectivity index (χ0n) is 21.6. The van der Waals surface area contributed by atoms with Gasteiger partial charge in [-0.2, -0.15) is 13.2 Å². The van der Waals surface area contributed by atoms with Gasteiger partial charge in [0.1, 0.15) is 17.2 Å². The highest BCUT2D eigenvalue weighted by molar-refractivity contribution is 5.68. The average molecular weight is 513 g/mol. The Hall–Kier alpha value is -2.62. The molecule has 1 fully saturated rings. The number of aromatic nitrogens is 2. The van der Waals surface area contributed by atoms with Crippen LogP contribution >= 0.6 is 0 Å². The van der Waals surface area contributed by atoms with Gasteiger partial charge in [0.15, 0.2) is 0 Å². The van der Waals surface area contributed by atoms with Crippen molar-refractivity contribution in [2.75, 3.05) is 26.2 Å². The monoisotopic (exact) mass is 512 g/mol. The minimum Gasteiger partial charge on any atom is -0.444 e. The lowest BCUT2D eigenvalue weighted by Crippen LogP contribution is -2.41. The normalized spacial score (nSPS) is 15.6. The van der Waals surface area contributed by atoms with Gasteiger partial charge in [-0.3, -0.25) is 0 Å². The number of hydrogen-bond acceptors (Lipinski definition) is 4. The van der Waals surface area contributed by atoms with E-state index in [1.165, 1.54) is 6.07 Å². The number of piperidine rings is 1. The van der Waals surface area contributed by atoms with Crippen molar-refractivity contribution < 1.29 is 27.1 Å². The summed E-state index contributed by atoms with van der Waals surface area (Å²) < 4.78 is 61.1. The molecular formula is C26H36F4N4O2. The van der Waals surface area contributed by atoms with Crippen molar-refractivity contribution in [2.24, 2.45) is 5.92 Å². The molecule has 36 heavy (non-hydrogen) atoms. The van der Waals surface area contributed by atoms with Gasteiger partial charge >= 0.3 is 12.3 Å². The summed E-state index contributed by atoms with van der Waals surface area (Å²) in [4.78, 5) is 18.8. The second-order valence-corrected chi connectivity index (χ2v) is 10.7. The molecule has 200 valence electrons. The van der Waals surface area contributed by atoms with Gasteiger partial charge in [0.2, 0.25) is 0 Å². The molecule has 2 heterocycles. The number of hydrogen-bond donors (Lipinski definition) is 1. The SMILES string of the molecule is CC(C)CNCCn1cc(-c2ccc(F)c(C(F)(F)F)c2)nc1C1CCN(C(=O)OC(C)(C)C)CC1. The first kappa shape index (κ1) is 28.0. The quantitative estimate of drug-likeness (QED) is 0.362. The van der Waals surface area contributed by atoms with Crippen molar-refractivity contribution >= 4 is 6.09 Å². The topological polar surface area (TPSA) is 59.4 Å². The van der Waals surface area contributed by atoms with E-state index >= 15 is 0 Å². The largest absolute Gasteiger partial charge is 0.444 e. The molecule has 0 saturated carbocycles. The van der Waals surface area contributed by atoms with Gasteiger partial charge in [0, 0.05) is 43.9 Å². The third-order valence-electron chi connectivity index (χ3n) is 5.97. The fraction of sp³-hybridized carbons (Fsp3) is 0.615. The lowest BCUT2D eigenvalue weighted by atomic mass is 9.96. The zero-order chi connectivity index (χ0) is 26.7. The summed E-state index contributed by atoms with van der Waals surface area (Å²) in [6.07, 6.45) is -2.09. The fourth-order valence-corrected chi connectivity index (χ4v) is 4.21. The molecule has 0 atom stereocenters. The second-order valence-electron chi connectivity index (χ2n) is 10.7. The summed E-state index contributed by atoms with van der Waals surface area (Å²) in [5.74, 6) is -0.0264. The summed E-state index contributed by atoms with van der Waals surface area (Å²) in [7, 11) is 0. The van der Waals surface area contributed by atoms with Crippen LogP contribution in [0.1, 0.15) is 64.8 Å². The van der Waals surface area contributed by atoms with Gasteiger partial charge in [-0.05, 0) is 64.3 Å². The molecule has 1 saturated heterocycles. The average Bonchev–Trinajstić information content (AvgIpc) is 3.19. The van der Waals surface area contributed by atoms with Gasteiger partial charge in [-0.25, -0.2) is 14.2 Å². The molecule has 1 aromatic carbocycles. The predicted molar refractivity (Wildman–Crippen MR) is 130 cm³/mol. The van der Waals surface area contributed by atoms with Crippen molar-refractivity contribution in [1.29, 1.82) is 0 Å². The summed E-state index contributed by atoms with van der Waals surface area (Å²) in [5, 5.41) is 3.38. The Morgan fingerprint density at radius 3 is 2.44 bits per heavy atom. The number of nitrogens with zero attached hydrogens (tertiary/aromatic N) is 3. The van der Waals surface area contributed by atoms with E-state index < -0.39 is 23.2 Å². The van der Waals surface area contributed by atoms with Gasteiger partial charge in [-0.15, -0.1) is 0 Å². The van der Waals surface area contributed by atoms with Crippen molar-refractivity contribution in [1.82, 2.24) is 19.8 Å². The van der Waals surface area contributed by atoms with Crippen LogP contribution in [0.2, 0.25) is 0 Å². The van der Waals surface area contributed by atoms with E-state index in [-0.39, 0.29) is 17.6 Å². The minimum absolute atomic E-state index is 0.0325. The first-order valence-electron chi connectivity index (χ1n) is 12.4. The molecule has 1 amide bonds. The number of carbonyl (C=O) groups excluding carboxylic acids is 1. The summed E-state index contributed by atoms with van der Waals surface area (Å²) in [6, 6.07) is 2.97. The minimum atomic E-state index is -4.79. The molecule has 1 aliphatic heterocycles. The maximum absolute atomic E-state index is 13.8. The number of ether oxygens (including phenoxy) is 1. The van der Waals surface area contributed by atoms with E-state index in [4.69, 9.17) is 9.72 Å². The highest BCUT2D eigenvalue weighted by Crippen LogP contribution is 2.35. The van der Waals surface area contributed by atoms with Gasteiger partial charge in [-0.1, -0.05) is 13.8 Å². The van der Waals surface area contributed by atoms with E-state index in [2.05, 4.69) is 19.2 Å². The van der Waals surface area contributed by atoms with E-state index in [0.717, 1.165) is 24.5 Å². The fourth-order valence-electron chi connectivity index (χ4n) is 4.21. The predicted octanol–water partition coefficient (Wildman–Crippen LogP) is 6.07. The molecule has 1 aromatic heterocycles. The summed E-state index contributed by atoms with van der Waals surface area (Å²) in [6.45, 7) is 12.8. The maximum atomic E-state index is 13.8. The standard InChI is InChI=1S/C26H36F4N4O2/c1-17(2)15-31-10-13-34-16-22(19-6-7-21(27)20(14-19)26(28,29)30)32-23(34)18-8-11-33(12-9-18)24(35)36-25(3,4)5/h6-7,14,16-18,31H,8-13,15H2,1-5H3. The lowest BCUT2D eigenvalue weighted by Gasteiger charge is -2.33. The Morgan fingerprint density at radius 2 is 1.86 bits per heavy atom. The van der Waals surface area contributed by atoms with E-state index in [1.54, 1.807) is 11.1 Å². The van der Waals surface area contributed by atoms with Gasteiger partial charge in [0.05, 0.1) is 11.3 Å². The number of alkyl halides is 3. The molecular weight excluding hydrogens is 476 g/mol. The summed E-state index contributed by atoms with van der Waals surface area (Å²) in [5.41, 5.74) is -1.30. The number of carbonyl (C=O) groups is 1. The number of likely N-dealkylation sites (tertiary alicyclic amines) is 1. The van der Waals surface area contributed by atoms with Crippen molar-refractivity contribution in [3.8, 4) is 11.3 Å². The number of imidazole rings is 1. The van der Waals surface area contributed by atoms with E-state index in [9.17, 15) is 22.4 Å². The highest BCUT2D eigenvalue weighted by atomic mass is 19.4. The second kappa shape index (κ2) is 11.2. The Bertz CT molecular complexity index is 1040. The Kier molecular flexibility index (Phi) is 8.69. The molecule has 2 aromatic rings. The number of rotatable bonds is 7. The number of benzene rings is 1. The lowest BCUT2D eigenvalue weighted by molar-refractivity contribution is -0.139. The third kappa shape index (κ3) is 7.44. The molecule has 6 nitrogen and oxygen atoms in total. The Balaban J connectivity index is 1.82. The number of amides is 1. The smallest absolute Gasteiger partial charge is 0.419 e. The first-order valence-corrected chi connectivity index (χ1v) is 12.4. The molecule has 1 N–H and O–H groups in total. The summed E-state index contributed by atoms with van der Waals surface area (Å²) >= 11 is 0. The zero-order valence-corrected chi connectivity index (χ0v) is 21.6. The maximum Gasteiger partial charge on any atom is 0.419 e. The first-order chi connectivity index (χ1) is 16.7. The molecule has 0 radical (unpaired) electrons. The van der Waals surface area contributed by atoms with Crippen LogP contribution in [0.25, 0.3) is 11.3 Å². The van der Waals surface area contributed by atoms with Crippen LogP contribution in [0.4, 0.5) is 22.4 Å². The van der Waals surface area contributed by atoms with Crippen molar-refractivity contribution in [3.63, 3.8) is 0 Å². The Morgan fingerprint density at radius 1 is 1.19 bits per heavy atom. The molecule has 3 rings (SSSR count). The van der Waals surface area contributed by atoms with E-state index in [1.807, 2.05) is 25.3 Å². The van der Waals surface area contributed by atoms with Crippen LogP contribution in [0.15, 0.2) is 24.4 Å². The van der Waals surface area contributed by atoms with Gasteiger partial charge in [0.25, 0.3) is 0 Å². The molecule has 0 aliphatic carbocycles. The van der Waals surface area contributed by atoms with Crippen LogP contribution < -0.4 is 5.32 Å². The Labute approximate surface area is 210 Å². The highest BCUT2D eigenvalue weighted by Gasteiger charge is 2.35. The molecule has 0 bridgehead atoms. The van der Waals surface area contributed by atoms with Crippen molar-refractivity contribution in [2.45, 2.75) is 71.7 Å². The number of halogens is 4. The molecule has 10 heteroatoms. The van der Waals surface area contributed by atoms with Crippen LogP contribution in [0.3, 0.4) is 0 Å². The molecule has 0 spiro atoms. The van der Waals surface area contributed by atoms with Crippen LogP contribution in [0.5, 0.6) is 0 Å². The molecule has 0 unspecified atom stereocenters. The van der Waals surface area contributed by atoms with Gasteiger partial charge < -0.3 is 19.5 Å². The van der Waals surface area contributed by atoms with Crippen LogP contribution in [-0.4, -0.2) is 52.3 Å². The van der Waals surface area contributed by atoms with Crippen LogP contribution in [-0.2, 0) is 17.5 Å². The third-order valence-corrected chi connectivity index (χ3v) is 5.97. The number of nitrogens with one attached hydrogen (secondary N) is 1. The molecule has 1 aliphatic rings. The van der Waals surface area contributed by atoms with Crippen molar-refractivity contribution in [3.05, 3.63) is 41.6 Å². The van der Waals surface area contributed by atoms with E-state index in [0.29, 0.717) is 50.6 Å².